The summed E-state index contributed by atoms with van der Waals surface area (Å²) in [5.41, 5.74) is 0.745. The minimum atomic E-state index is -0.246. The molecular formula is C20H30ClN5OS. The Kier molecular flexibility index (Phi) is 10.4. The predicted molar refractivity (Wildman–Crippen MR) is 117 cm³/mol. The Morgan fingerprint density at radius 1 is 1.14 bits per heavy atom. The average Bonchev–Trinajstić information content (AvgIpc) is 3.25. The molecule has 0 fully saturated rings. The van der Waals surface area contributed by atoms with Crippen LogP contribution in [0.1, 0.15) is 58.1 Å². The molecule has 28 heavy (non-hydrogen) atoms. The van der Waals surface area contributed by atoms with Gasteiger partial charge in [-0.05, 0) is 36.8 Å². The van der Waals surface area contributed by atoms with Crippen LogP contribution >= 0.6 is 23.4 Å². The number of anilines is 1. The zero-order chi connectivity index (χ0) is 20.2. The van der Waals surface area contributed by atoms with Crippen LogP contribution in [0.4, 0.5) is 10.6 Å². The van der Waals surface area contributed by atoms with Crippen molar-refractivity contribution in [1.29, 1.82) is 0 Å². The van der Waals surface area contributed by atoms with E-state index in [4.69, 9.17) is 11.6 Å². The Morgan fingerprint density at radius 2 is 1.89 bits per heavy atom. The Labute approximate surface area is 177 Å². The summed E-state index contributed by atoms with van der Waals surface area (Å²) in [7, 11) is 0. The highest BCUT2D eigenvalue weighted by Gasteiger charge is 2.23. The molecule has 0 spiro atoms. The first-order valence-electron chi connectivity index (χ1n) is 10.1. The van der Waals surface area contributed by atoms with Crippen molar-refractivity contribution in [3.63, 3.8) is 0 Å². The van der Waals surface area contributed by atoms with Crippen LogP contribution in [0.2, 0.25) is 5.02 Å². The SMILES string of the molecule is CCSCCCCCCCCN(C(=O)n1cccn1)c1ncnc(CC)c1Cl. The molecule has 1 amide bonds. The maximum absolute atomic E-state index is 12.9. The van der Waals surface area contributed by atoms with Crippen molar-refractivity contribution >= 4 is 35.2 Å². The number of nitrogens with zero attached hydrogens (tertiary/aromatic N) is 5. The third-order valence-corrected chi connectivity index (χ3v) is 5.86. The van der Waals surface area contributed by atoms with E-state index in [0.29, 0.717) is 23.8 Å². The van der Waals surface area contributed by atoms with Crippen LogP contribution in [0.5, 0.6) is 0 Å². The molecule has 0 aliphatic rings. The van der Waals surface area contributed by atoms with E-state index in [1.54, 1.807) is 23.4 Å². The number of carbonyl (C=O) groups is 1. The first kappa shape index (κ1) is 22.7. The Morgan fingerprint density at radius 3 is 2.57 bits per heavy atom. The largest absolute Gasteiger partial charge is 0.350 e. The van der Waals surface area contributed by atoms with Gasteiger partial charge in [0.1, 0.15) is 11.3 Å². The molecule has 0 saturated heterocycles. The number of hydrogen-bond acceptors (Lipinski definition) is 5. The van der Waals surface area contributed by atoms with E-state index in [2.05, 4.69) is 22.0 Å². The number of hydrogen-bond donors (Lipinski definition) is 0. The minimum absolute atomic E-state index is 0.246. The normalized spacial score (nSPS) is 11.0. The second-order valence-electron chi connectivity index (χ2n) is 6.51. The molecule has 0 bridgehead atoms. The lowest BCUT2D eigenvalue weighted by atomic mass is 10.1. The van der Waals surface area contributed by atoms with Crippen LogP contribution < -0.4 is 4.90 Å². The molecule has 0 aliphatic carbocycles. The van der Waals surface area contributed by atoms with Gasteiger partial charge in [-0.15, -0.1) is 0 Å². The first-order valence-corrected chi connectivity index (χ1v) is 11.6. The Hall–Kier alpha value is -1.60. The summed E-state index contributed by atoms with van der Waals surface area (Å²) < 4.78 is 1.31. The van der Waals surface area contributed by atoms with E-state index in [1.165, 1.54) is 48.2 Å². The van der Waals surface area contributed by atoms with Crippen molar-refractivity contribution in [3.05, 3.63) is 35.5 Å². The molecule has 2 aromatic heterocycles. The monoisotopic (exact) mass is 423 g/mol. The summed E-state index contributed by atoms with van der Waals surface area (Å²) in [5, 5.41) is 4.51. The van der Waals surface area contributed by atoms with E-state index >= 15 is 0 Å². The molecule has 2 aromatic rings. The predicted octanol–water partition coefficient (Wildman–Crippen LogP) is 5.46. The summed E-state index contributed by atoms with van der Waals surface area (Å²) in [6, 6.07) is 1.48. The number of carbonyl (C=O) groups excluding carboxylic acids is 1. The van der Waals surface area contributed by atoms with Crippen LogP contribution in [0.3, 0.4) is 0 Å². The second kappa shape index (κ2) is 12.8. The fourth-order valence-corrected chi connectivity index (χ4v) is 3.98. The highest BCUT2D eigenvalue weighted by Crippen LogP contribution is 2.27. The van der Waals surface area contributed by atoms with Crippen molar-refractivity contribution < 1.29 is 4.79 Å². The Bertz CT molecular complexity index is 711. The van der Waals surface area contributed by atoms with Gasteiger partial charge in [0.15, 0.2) is 5.82 Å². The number of aromatic nitrogens is 4. The molecule has 154 valence electrons. The van der Waals surface area contributed by atoms with Crippen LogP contribution in [-0.2, 0) is 6.42 Å². The van der Waals surface area contributed by atoms with Gasteiger partial charge in [-0.3, -0.25) is 4.90 Å². The van der Waals surface area contributed by atoms with Gasteiger partial charge >= 0.3 is 6.03 Å². The highest BCUT2D eigenvalue weighted by atomic mass is 35.5. The van der Waals surface area contributed by atoms with E-state index in [1.807, 2.05) is 18.7 Å². The number of amides is 1. The number of rotatable bonds is 12. The zero-order valence-electron chi connectivity index (χ0n) is 16.8. The topological polar surface area (TPSA) is 63.9 Å². The maximum atomic E-state index is 12.9. The summed E-state index contributed by atoms with van der Waals surface area (Å²) in [6.45, 7) is 4.75. The van der Waals surface area contributed by atoms with Crippen molar-refractivity contribution in [1.82, 2.24) is 19.7 Å². The molecule has 6 nitrogen and oxygen atoms in total. The lowest BCUT2D eigenvalue weighted by Crippen LogP contribution is -2.37. The van der Waals surface area contributed by atoms with Gasteiger partial charge in [-0.25, -0.2) is 14.8 Å². The van der Waals surface area contributed by atoms with Crippen LogP contribution in [0.25, 0.3) is 0 Å². The molecule has 0 aliphatic heterocycles. The average molecular weight is 424 g/mol. The Balaban J connectivity index is 1.94. The van der Waals surface area contributed by atoms with Gasteiger partial charge in [0.25, 0.3) is 0 Å². The van der Waals surface area contributed by atoms with E-state index in [9.17, 15) is 4.79 Å². The smallest absolute Gasteiger partial charge is 0.275 e. The molecule has 0 saturated carbocycles. The van der Waals surface area contributed by atoms with Gasteiger partial charge in [-0.1, -0.05) is 51.1 Å². The molecule has 2 rings (SSSR count). The van der Waals surface area contributed by atoms with Crippen LogP contribution in [0.15, 0.2) is 24.8 Å². The van der Waals surface area contributed by atoms with Crippen LogP contribution in [-0.4, -0.2) is 43.8 Å². The highest BCUT2D eigenvalue weighted by molar-refractivity contribution is 7.99. The lowest BCUT2D eigenvalue weighted by Gasteiger charge is -2.22. The summed E-state index contributed by atoms with van der Waals surface area (Å²) in [4.78, 5) is 23.1. The fourth-order valence-electron chi connectivity index (χ4n) is 2.95. The third-order valence-electron chi connectivity index (χ3n) is 4.49. The number of unbranched alkanes of at least 4 members (excludes halogenated alkanes) is 5. The van der Waals surface area contributed by atoms with Gasteiger partial charge < -0.3 is 0 Å². The molecule has 0 atom stereocenters. The summed E-state index contributed by atoms with van der Waals surface area (Å²) >= 11 is 8.49. The van der Waals surface area contributed by atoms with Gasteiger partial charge in [-0.2, -0.15) is 21.5 Å². The molecular weight excluding hydrogens is 394 g/mol. The van der Waals surface area contributed by atoms with E-state index in [-0.39, 0.29) is 6.03 Å². The van der Waals surface area contributed by atoms with E-state index in [0.717, 1.165) is 18.5 Å². The summed E-state index contributed by atoms with van der Waals surface area (Å²) in [6.07, 6.45) is 12.4. The van der Waals surface area contributed by atoms with Crippen molar-refractivity contribution in [2.75, 3.05) is 23.0 Å². The number of thioether (sulfide) groups is 1. The molecule has 0 radical (unpaired) electrons. The zero-order valence-corrected chi connectivity index (χ0v) is 18.4. The van der Waals surface area contributed by atoms with Gasteiger partial charge in [0, 0.05) is 18.9 Å². The molecule has 0 unspecified atom stereocenters. The molecule has 0 N–H and O–H groups in total. The van der Waals surface area contributed by atoms with Crippen molar-refractivity contribution in [2.45, 2.75) is 58.8 Å². The fraction of sp³-hybridized carbons (Fsp3) is 0.600. The van der Waals surface area contributed by atoms with E-state index < -0.39 is 0 Å². The van der Waals surface area contributed by atoms with Crippen molar-refractivity contribution in [3.8, 4) is 0 Å². The second-order valence-corrected chi connectivity index (χ2v) is 8.29. The first-order chi connectivity index (χ1) is 13.7. The standard InChI is InChI=1S/C20H30ClN5OS/c1-3-17-18(21)19(23-16-22-17)25(20(27)26-14-11-12-24-26)13-9-7-5-6-8-10-15-28-4-2/h11-12,14,16H,3-10,13,15H2,1-2H3. The van der Waals surface area contributed by atoms with Crippen LogP contribution in [0, 0.1) is 0 Å². The van der Waals surface area contributed by atoms with Gasteiger partial charge in [0.2, 0.25) is 0 Å². The lowest BCUT2D eigenvalue weighted by molar-refractivity contribution is 0.244. The summed E-state index contributed by atoms with van der Waals surface area (Å²) in [5.74, 6) is 2.92. The molecule has 2 heterocycles. The third kappa shape index (κ3) is 6.78. The number of halogens is 1. The molecule has 0 aromatic carbocycles. The minimum Gasteiger partial charge on any atom is -0.275 e. The number of aryl methyl sites for hydroxylation is 1. The quantitative estimate of drug-likeness (QED) is 0.424. The van der Waals surface area contributed by atoms with Gasteiger partial charge in [0.05, 0.1) is 5.69 Å². The van der Waals surface area contributed by atoms with Crippen molar-refractivity contribution in [2.24, 2.45) is 0 Å². The maximum Gasteiger partial charge on any atom is 0.350 e. The molecule has 8 heteroatoms.